The van der Waals surface area contributed by atoms with Crippen LogP contribution >= 0.6 is 0 Å². The van der Waals surface area contributed by atoms with Crippen molar-refractivity contribution in [2.75, 3.05) is 13.2 Å². The van der Waals surface area contributed by atoms with Crippen LogP contribution in [0.3, 0.4) is 0 Å². The molecule has 0 unspecified atom stereocenters. The Kier molecular flexibility index (Phi) is 9.04. The number of ether oxygens (including phenoxy) is 3. The minimum absolute atomic E-state index is 0.0252. The van der Waals surface area contributed by atoms with Crippen LogP contribution in [0.4, 0.5) is 0 Å². The predicted octanol–water partition coefficient (Wildman–Crippen LogP) is 1.12. The number of fused-ring (bicyclic) bond motifs is 1. The Balaban J connectivity index is 1.42. The molecule has 12 nitrogen and oxygen atoms in total. The molecule has 210 valence electrons. The van der Waals surface area contributed by atoms with E-state index in [1.54, 1.807) is 0 Å². The number of carbonyl (C=O) groups is 1. The third-order valence-electron chi connectivity index (χ3n) is 6.42. The number of rotatable bonds is 10. The lowest BCUT2D eigenvalue weighted by molar-refractivity contribution is -0.278. The van der Waals surface area contributed by atoms with Crippen LogP contribution in [0.5, 0.6) is 17.2 Å². The van der Waals surface area contributed by atoms with Gasteiger partial charge in [-0.2, -0.15) is 0 Å². The standard InChI is InChI=1S/C27H31NO11/c28-9-3-1-2-4-21(31)37-13-20-24(33)25(34)26(35)27(39-20)38-16-7-5-14(6-8-16)17-12-36-19-11-15(29)10-18(30)22(19)23(17)32/h5-8,10-12,20,24-27,29-30,33-35H,1-4,9,13,28H2/t20-,24+,25+,26+,27+/m0/s1. The molecular formula is C27H31NO11. The van der Waals surface area contributed by atoms with Gasteiger partial charge in [0.1, 0.15) is 65.5 Å². The van der Waals surface area contributed by atoms with Crippen LogP contribution in [-0.2, 0) is 14.3 Å². The first-order chi connectivity index (χ1) is 18.7. The fourth-order valence-electron chi connectivity index (χ4n) is 4.25. The molecule has 1 fully saturated rings. The number of nitrogens with two attached hydrogens (primary N) is 1. The second-order valence-electron chi connectivity index (χ2n) is 9.26. The Labute approximate surface area is 222 Å². The van der Waals surface area contributed by atoms with E-state index < -0.39 is 47.9 Å². The number of carbonyl (C=O) groups excluding carboxylic acids is 1. The Hall–Kier alpha value is -3.68. The Morgan fingerprint density at radius 3 is 2.44 bits per heavy atom. The van der Waals surface area contributed by atoms with Gasteiger partial charge in [0.25, 0.3) is 0 Å². The highest BCUT2D eigenvalue weighted by Crippen LogP contribution is 2.31. The molecule has 2 aromatic carbocycles. The molecule has 0 spiro atoms. The molecule has 0 radical (unpaired) electrons. The topological polar surface area (TPSA) is 202 Å². The number of hydrogen-bond acceptors (Lipinski definition) is 12. The number of aliphatic hydroxyl groups excluding tert-OH is 3. The number of hydrogen-bond donors (Lipinski definition) is 6. The molecule has 3 aromatic rings. The zero-order valence-corrected chi connectivity index (χ0v) is 20.9. The Morgan fingerprint density at radius 1 is 0.974 bits per heavy atom. The second-order valence-corrected chi connectivity index (χ2v) is 9.26. The van der Waals surface area contributed by atoms with Crippen molar-refractivity contribution in [2.24, 2.45) is 5.73 Å². The third kappa shape index (κ3) is 6.49. The van der Waals surface area contributed by atoms with Crippen molar-refractivity contribution in [1.29, 1.82) is 0 Å². The van der Waals surface area contributed by atoms with E-state index in [-0.39, 0.29) is 41.1 Å². The summed E-state index contributed by atoms with van der Waals surface area (Å²) in [6, 6.07) is 8.30. The fraction of sp³-hybridized carbons (Fsp3) is 0.407. The maximum atomic E-state index is 12.9. The minimum Gasteiger partial charge on any atom is -0.508 e. The van der Waals surface area contributed by atoms with E-state index >= 15 is 0 Å². The van der Waals surface area contributed by atoms with E-state index in [1.165, 1.54) is 36.6 Å². The van der Waals surface area contributed by atoms with Gasteiger partial charge in [0.05, 0.1) is 5.56 Å². The van der Waals surface area contributed by atoms with Crippen molar-refractivity contribution < 1.29 is 49.0 Å². The molecule has 7 N–H and O–H groups in total. The molecule has 1 aliphatic rings. The maximum Gasteiger partial charge on any atom is 0.305 e. The number of phenols is 2. The Bertz CT molecular complexity index is 1340. The van der Waals surface area contributed by atoms with Gasteiger partial charge in [0.15, 0.2) is 0 Å². The third-order valence-corrected chi connectivity index (χ3v) is 6.42. The number of aliphatic hydroxyl groups is 3. The van der Waals surface area contributed by atoms with Gasteiger partial charge < -0.3 is 49.9 Å². The van der Waals surface area contributed by atoms with Crippen molar-refractivity contribution in [3.63, 3.8) is 0 Å². The summed E-state index contributed by atoms with van der Waals surface area (Å²) in [5.74, 6) is -0.947. The van der Waals surface area contributed by atoms with Crippen LogP contribution in [0.25, 0.3) is 22.1 Å². The molecule has 5 atom stereocenters. The van der Waals surface area contributed by atoms with Crippen LogP contribution in [-0.4, -0.2) is 75.4 Å². The first-order valence-electron chi connectivity index (χ1n) is 12.5. The van der Waals surface area contributed by atoms with Crippen molar-refractivity contribution in [3.05, 3.63) is 52.9 Å². The molecule has 1 aliphatic heterocycles. The second kappa shape index (κ2) is 12.5. The molecule has 1 aromatic heterocycles. The van der Waals surface area contributed by atoms with Gasteiger partial charge in [-0.3, -0.25) is 9.59 Å². The lowest BCUT2D eigenvalue weighted by atomic mass is 9.99. The van der Waals surface area contributed by atoms with Crippen molar-refractivity contribution in [2.45, 2.75) is 56.4 Å². The normalized spacial score (nSPS) is 23.0. The monoisotopic (exact) mass is 545 g/mol. The van der Waals surface area contributed by atoms with E-state index in [9.17, 15) is 35.1 Å². The van der Waals surface area contributed by atoms with Gasteiger partial charge in [-0.25, -0.2) is 0 Å². The smallest absolute Gasteiger partial charge is 0.305 e. The number of aromatic hydroxyl groups is 2. The summed E-state index contributed by atoms with van der Waals surface area (Å²) in [4.78, 5) is 24.9. The lowest BCUT2D eigenvalue weighted by Crippen LogP contribution is -2.60. The number of esters is 1. The molecule has 0 amide bonds. The molecule has 4 rings (SSSR count). The van der Waals surface area contributed by atoms with Gasteiger partial charge in [-0.05, 0) is 37.1 Å². The average molecular weight is 546 g/mol. The van der Waals surface area contributed by atoms with Gasteiger partial charge >= 0.3 is 5.97 Å². The summed E-state index contributed by atoms with van der Waals surface area (Å²) >= 11 is 0. The Morgan fingerprint density at radius 2 is 1.72 bits per heavy atom. The highest BCUT2D eigenvalue weighted by atomic mass is 16.7. The molecular weight excluding hydrogens is 514 g/mol. The highest BCUT2D eigenvalue weighted by molar-refractivity contribution is 5.88. The van der Waals surface area contributed by atoms with Crippen LogP contribution in [0, 0.1) is 0 Å². The van der Waals surface area contributed by atoms with E-state index in [4.69, 9.17) is 24.4 Å². The first kappa shape index (κ1) is 28.3. The van der Waals surface area contributed by atoms with Gasteiger partial charge in [0.2, 0.25) is 11.7 Å². The minimum atomic E-state index is -1.62. The fourth-order valence-corrected chi connectivity index (χ4v) is 4.25. The predicted molar refractivity (Wildman–Crippen MR) is 137 cm³/mol. The van der Waals surface area contributed by atoms with E-state index in [0.29, 0.717) is 18.5 Å². The van der Waals surface area contributed by atoms with Crippen molar-refractivity contribution >= 4 is 16.9 Å². The summed E-state index contributed by atoms with van der Waals surface area (Å²) in [7, 11) is 0. The SMILES string of the molecule is NCCCCCC(=O)OC[C@@H]1O[C@@H](Oc2ccc(-c3coc4cc(O)cc(O)c4c3=O)cc2)[C@H](O)[C@H](O)[C@@H]1O. The molecule has 39 heavy (non-hydrogen) atoms. The lowest BCUT2D eigenvalue weighted by Gasteiger charge is -2.39. The molecule has 0 bridgehead atoms. The van der Waals surface area contributed by atoms with Crippen LogP contribution in [0.1, 0.15) is 25.7 Å². The molecule has 0 aliphatic carbocycles. The molecule has 1 saturated heterocycles. The molecule has 2 heterocycles. The average Bonchev–Trinajstić information content (AvgIpc) is 2.91. The van der Waals surface area contributed by atoms with Crippen LogP contribution in [0.15, 0.2) is 51.9 Å². The van der Waals surface area contributed by atoms with Gasteiger partial charge in [0, 0.05) is 18.6 Å². The summed E-state index contributed by atoms with van der Waals surface area (Å²) in [6.07, 6.45) is -3.70. The first-order valence-corrected chi connectivity index (χ1v) is 12.5. The largest absolute Gasteiger partial charge is 0.508 e. The van der Waals surface area contributed by atoms with E-state index in [0.717, 1.165) is 18.9 Å². The molecule has 0 saturated carbocycles. The zero-order valence-electron chi connectivity index (χ0n) is 20.9. The summed E-state index contributed by atoms with van der Waals surface area (Å²) in [5, 5.41) is 50.6. The molecule has 12 heteroatoms. The van der Waals surface area contributed by atoms with Gasteiger partial charge in [-0.15, -0.1) is 0 Å². The number of unbranched alkanes of at least 4 members (excludes halogenated alkanes) is 2. The summed E-state index contributed by atoms with van der Waals surface area (Å²) in [5.41, 5.74) is 5.52. The number of phenolic OH excluding ortho intramolecular Hbond substituents is 2. The van der Waals surface area contributed by atoms with Crippen LogP contribution in [0.2, 0.25) is 0 Å². The summed E-state index contributed by atoms with van der Waals surface area (Å²) in [6.45, 7) is 0.193. The van der Waals surface area contributed by atoms with E-state index in [2.05, 4.69) is 0 Å². The quantitative estimate of drug-likeness (QED) is 0.157. The summed E-state index contributed by atoms with van der Waals surface area (Å²) < 4.78 is 21.8. The van der Waals surface area contributed by atoms with Crippen molar-refractivity contribution in [3.8, 4) is 28.4 Å². The van der Waals surface area contributed by atoms with E-state index in [1.807, 2.05) is 0 Å². The highest BCUT2D eigenvalue weighted by Gasteiger charge is 2.45. The number of benzene rings is 2. The zero-order chi connectivity index (χ0) is 28.1. The van der Waals surface area contributed by atoms with Gasteiger partial charge in [-0.1, -0.05) is 18.6 Å². The maximum absolute atomic E-state index is 12.9. The van der Waals surface area contributed by atoms with Crippen LogP contribution < -0.4 is 15.9 Å². The van der Waals surface area contributed by atoms with Crippen molar-refractivity contribution in [1.82, 2.24) is 0 Å².